The molecule has 28 heavy (non-hydrogen) atoms. The van der Waals surface area contributed by atoms with Crippen LogP contribution in [0, 0.1) is 0 Å². The number of nitrogens with one attached hydrogen (secondary N) is 2. The van der Waals surface area contributed by atoms with Crippen molar-refractivity contribution in [3.63, 3.8) is 0 Å². The maximum atomic E-state index is 12.4. The summed E-state index contributed by atoms with van der Waals surface area (Å²) in [5.74, 6) is -0.581. The Hall–Kier alpha value is -2.68. The summed E-state index contributed by atoms with van der Waals surface area (Å²) in [7, 11) is 0. The zero-order chi connectivity index (χ0) is 20.5. The smallest absolute Gasteiger partial charge is 0.290 e. The van der Waals surface area contributed by atoms with Crippen LogP contribution in [0.3, 0.4) is 0 Å². The average Bonchev–Trinajstić information content (AvgIpc) is 3.32. The highest BCUT2D eigenvalue weighted by Gasteiger charge is 2.21. The molecule has 2 rings (SSSR count). The predicted octanol–water partition coefficient (Wildman–Crippen LogP) is 2.68. The monoisotopic (exact) mass is 406 g/mol. The first kappa shape index (κ1) is 21.6. The van der Waals surface area contributed by atoms with E-state index in [2.05, 4.69) is 15.6 Å². The fraction of sp³-hybridized carbons (Fsp3) is 0.474. The van der Waals surface area contributed by atoms with Gasteiger partial charge in [0.15, 0.2) is 10.9 Å². The van der Waals surface area contributed by atoms with Gasteiger partial charge in [-0.05, 0) is 31.9 Å². The molecule has 0 spiro atoms. The molecule has 8 nitrogen and oxygen atoms in total. The number of hydrogen-bond acceptors (Lipinski definition) is 6. The molecule has 9 heteroatoms. The maximum absolute atomic E-state index is 12.4. The van der Waals surface area contributed by atoms with E-state index < -0.39 is 0 Å². The molecule has 0 saturated heterocycles. The standard InChI is InChI=1S/C19H26N4O4S/c1-4-8-23(18(26)15-7-6-9-27-15)11-17(25)22-19-21-14(12-28-19)10-16(24)20-13(3)5-2/h6-7,9,12-13H,4-5,8,10-11H2,1-3H3,(H,20,24)(H,21,22,25). The Morgan fingerprint density at radius 1 is 1.29 bits per heavy atom. The largest absolute Gasteiger partial charge is 0.459 e. The molecule has 0 radical (unpaired) electrons. The van der Waals surface area contributed by atoms with Crippen molar-refractivity contribution in [1.82, 2.24) is 15.2 Å². The summed E-state index contributed by atoms with van der Waals surface area (Å²) in [5, 5.41) is 7.71. The van der Waals surface area contributed by atoms with Gasteiger partial charge in [-0.1, -0.05) is 13.8 Å². The first-order chi connectivity index (χ1) is 13.4. The van der Waals surface area contributed by atoms with Crippen LogP contribution in [0.1, 0.15) is 49.9 Å². The Balaban J connectivity index is 1.90. The van der Waals surface area contributed by atoms with Gasteiger partial charge in [0, 0.05) is 18.0 Å². The van der Waals surface area contributed by atoms with Crippen LogP contribution < -0.4 is 10.6 Å². The molecule has 0 aliphatic carbocycles. The van der Waals surface area contributed by atoms with Gasteiger partial charge in [-0.2, -0.15) is 0 Å². The van der Waals surface area contributed by atoms with Crippen LogP contribution in [-0.4, -0.2) is 46.7 Å². The average molecular weight is 407 g/mol. The molecule has 0 aliphatic heterocycles. The summed E-state index contributed by atoms with van der Waals surface area (Å²) in [5.41, 5.74) is 0.596. The second-order valence-corrected chi connectivity index (χ2v) is 7.31. The SMILES string of the molecule is CCCN(CC(=O)Nc1nc(CC(=O)NC(C)CC)cs1)C(=O)c1ccco1. The zero-order valence-corrected chi connectivity index (χ0v) is 17.2. The third-order valence-corrected chi connectivity index (χ3v) is 4.81. The molecular formula is C19H26N4O4S. The number of nitrogens with zero attached hydrogens (tertiary/aromatic N) is 2. The van der Waals surface area contributed by atoms with Gasteiger partial charge >= 0.3 is 0 Å². The third kappa shape index (κ3) is 6.49. The Labute approximate surface area is 168 Å². The van der Waals surface area contributed by atoms with Crippen LogP contribution in [0.4, 0.5) is 5.13 Å². The van der Waals surface area contributed by atoms with Crippen LogP contribution in [0.15, 0.2) is 28.2 Å². The molecule has 0 aliphatic rings. The Morgan fingerprint density at radius 3 is 2.71 bits per heavy atom. The van der Waals surface area contributed by atoms with Crippen LogP contribution in [0.5, 0.6) is 0 Å². The molecule has 0 fully saturated rings. The van der Waals surface area contributed by atoms with Gasteiger partial charge in [0.2, 0.25) is 11.8 Å². The van der Waals surface area contributed by atoms with E-state index in [0.29, 0.717) is 23.8 Å². The molecule has 2 aromatic rings. The lowest BCUT2D eigenvalue weighted by atomic mass is 10.2. The highest BCUT2D eigenvalue weighted by Crippen LogP contribution is 2.16. The molecule has 2 N–H and O–H groups in total. The number of carbonyl (C=O) groups excluding carboxylic acids is 3. The highest BCUT2D eigenvalue weighted by molar-refractivity contribution is 7.13. The first-order valence-electron chi connectivity index (χ1n) is 9.29. The number of rotatable bonds is 10. The summed E-state index contributed by atoms with van der Waals surface area (Å²) in [4.78, 5) is 42.4. The minimum absolute atomic E-state index is 0.100. The van der Waals surface area contributed by atoms with Crippen molar-refractivity contribution in [2.75, 3.05) is 18.4 Å². The topological polar surface area (TPSA) is 105 Å². The van der Waals surface area contributed by atoms with Crippen molar-refractivity contribution in [3.8, 4) is 0 Å². The lowest BCUT2D eigenvalue weighted by Crippen LogP contribution is -2.38. The maximum Gasteiger partial charge on any atom is 0.290 e. The number of carbonyl (C=O) groups is 3. The Morgan fingerprint density at radius 2 is 2.07 bits per heavy atom. The molecule has 2 heterocycles. The van der Waals surface area contributed by atoms with Gasteiger partial charge in [0.05, 0.1) is 18.4 Å². The summed E-state index contributed by atoms with van der Waals surface area (Å²) in [6.07, 6.45) is 3.16. The van der Waals surface area contributed by atoms with E-state index in [0.717, 1.165) is 6.42 Å². The van der Waals surface area contributed by atoms with Gasteiger partial charge in [0.25, 0.3) is 5.91 Å². The molecule has 2 aromatic heterocycles. The number of aromatic nitrogens is 1. The van der Waals surface area contributed by atoms with E-state index in [1.165, 1.54) is 22.5 Å². The molecular weight excluding hydrogens is 380 g/mol. The number of anilines is 1. The van der Waals surface area contributed by atoms with Gasteiger partial charge in [-0.3, -0.25) is 14.4 Å². The fourth-order valence-corrected chi connectivity index (χ4v) is 3.17. The van der Waals surface area contributed by atoms with Crippen molar-refractivity contribution in [2.24, 2.45) is 0 Å². The van der Waals surface area contributed by atoms with E-state index in [4.69, 9.17) is 4.42 Å². The molecule has 0 saturated carbocycles. The van der Waals surface area contributed by atoms with Crippen LogP contribution >= 0.6 is 11.3 Å². The van der Waals surface area contributed by atoms with Crippen molar-refractivity contribution >= 4 is 34.2 Å². The van der Waals surface area contributed by atoms with Gasteiger partial charge in [-0.15, -0.1) is 11.3 Å². The van der Waals surface area contributed by atoms with Crippen LogP contribution in [0.2, 0.25) is 0 Å². The number of hydrogen-bond donors (Lipinski definition) is 2. The van der Waals surface area contributed by atoms with Crippen molar-refractivity contribution < 1.29 is 18.8 Å². The Bertz CT molecular complexity index is 788. The van der Waals surface area contributed by atoms with E-state index in [9.17, 15) is 14.4 Å². The molecule has 0 aromatic carbocycles. The molecule has 0 bridgehead atoms. The van der Waals surface area contributed by atoms with Crippen molar-refractivity contribution in [1.29, 1.82) is 0 Å². The highest BCUT2D eigenvalue weighted by atomic mass is 32.1. The first-order valence-corrected chi connectivity index (χ1v) is 10.2. The summed E-state index contributed by atoms with van der Waals surface area (Å²) >= 11 is 1.25. The lowest BCUT2D eigenvalue weighted by molar-refractivity contribution is -0.121. The van der Waals surface area contributed by atoms with Crippen LogP contribution in [-0.2, 0) is 16.0 Å². The molecule has 3 amide bonds. The molecule has 1 atom stereocenters. The predicted molar refractivity (Wildman–Crippen MR) is 107 cm³/mol. The van der Waals surface area contributed by atoms with Gasteiger partial charge < -0.3 is 20.0 Å². The summed E-state index contributed by atoms with van der Waals surface area (Å²) < 4.78 is 5.13. The number of thiazole rings is 1. The van der Waals surface area contributed by atoms with Gasteiger partial charge in [0.1, 0.15) is 6.54 Å². The minimum atomic E-state index is -0.349. The van der Waals surface area contributed by atoms with Gasteiger partial charge in [-0.25, -0.2) is 4.98 Å². The van der Waals surface area contributed by atoms with Crippen molar-refractivity contribution in [2.45, 2.75) is 46.1 Å². The number of furan rings is 1. The summed E-state index contributed by atoms with van der Waals surface area (Å²) in [6.45, 7) is 6.21. The normalized spacial score (nSPS) is 11.7. The minimum Gasteiger partial charge on any atom is -0.459 e. The number of amides is 3. The molecule has 1 unspecified atom stereocenters. The second-order valence-electron chi connectivity index (χ2n) is 6.45. The second kappa shape index (κ2) is 10.6. The van der Waals surface area contributed by atoms with E-state index in [1.807, 2.05) is 20.8 Å². The Kier molecular flexibility index (Phi) is 8.19. The van der Waals surface area contributed by atoms with E-state index >= 15 is 0 Å². The third-order valence-electron chi connectivity index (χ3n) is 4.01. The van der Waals surface area contributed by atoms with E-state index in [1.54, 1.807) is 17.5 Å². The molecule has 152 valence electrons. The lowest BCUT2D eigenvalue weighted by Gasteiger charge is -2.20. The fourth-order valence-electron chi connectivity index (χ4n) is 2.45. The van der Waals surface area contributed by atoms with Crippen LogP contribution in [0.25, 0.3) is 0 Å². The quantitative estimate of drug-likeness (QED) is 0.631. The summed E-state index contributed by atoms with van der Waals surface area (Å²) in [6, 6.07) is 3.31. The zero-order valence-electron chi connectivity index (χ0n) is 16.4. The van der Waals surface area contributed by atoms with Crippen molar-refractivity contribution in [3.05, 3.63) is 35.2 Å². The van der Waals surface area contributed by atoms with E-state index in [-0.39, 0.29) is 42.5 Å².